The minimum absolute atomic E-state index is 0.217. The van der Waals surface area contributed by atoms with Gasteiger partial charge in [-0.2, -0.15) is 0 Å². The van der Waals surface area contributed by atoms with Gasteiger partial charge in [0, 0.05) is 11.3 Å². The van der Waals surface area contributed by atoms with Crippen LogP contribution in [0.5, 0.6) is 0 Å². The molecule has 3 aromatic rings. The zero-order valence-electron chi connectivity index (χ0n) is 18.0. The van der Waals surface area contributed by atoms with E-state index in [9.17, 15) is 19.2 Å². The average molecular weight is 445 g/mol. The molecule has 0 aliphatic carbocycles. The van der Waals surface area contributed by atoms with Crippen LogP contribution in [0.2, 0.25) is 0 Å². The maximum atomic E-state index is 13.0. The van der Waals surface area contributed by atoms with Gasteiger partial charge in [-0.1, -0.05) is 0 Å². The Kier molecular flexibility index (Phi) is 6.40. The number of fused-ring (bicyclic) bond motifs is 1. The number of aryl methyl sites for hydroxylation is 2. The topological polar surface area (TPSA) is 120 Å². The molecule has 9 nitrogen and oxygen atoms in total. The number of hydrogen-bond acceptors (Lipinski definition) is 8. The lowest BCUT2D eigenvalue weighted by molar-refractivity contribution is 0.0514. The molecule has 1 N–H and O–H groups in total. The molecule has 10 heteroatoms. The molecule has 0 fully saturated rings. The van der Waals surface area contributed by atoms with E-state index in [0.29, 0.717) is 32.1 Å². The van der Waals surface area contributed by atoms with Crippen LogP contribution in [0.1, 0.15) is 61.2 Å². The standard InChI is InChI=1S/C21H23N3O6S/c1-6-29-20(27)16-10(3)14(12(5)23-16)13(25)8-24-9-22-18-15(19(24)26)11(4)17(31-18)21(28)30-7-2/h9,23H,6-8H2,1-5H3. The van der Waals surface area contributed by atoms with Crippen molar-refractivity contribution >= 4 is 39.3 Å². The second kappa shape index (κ2) is 8.84. The highest BCUT2D eigenvalue weighted by molar-refractivity contribution is 7.20. The summed E-state index contributed by atoms with van der Waals surface area (Å²) in [5.41, 5.74) is 1.61. The average Bonchev–Trinajstić information content (AvgIpc) is 3.21. The smallest absolute Gasteiger partial charge is 0.355 e. The summed E-state index contributed by atoms with van der Waals surface area (Å²) < 4.78 is 11.3. The molecule has 0 atom stereocenters. The number of esters is 2. The molecule has 0 aromatic carbocycles. The number of H-pyrrole nitrogens is 1. The third-order valence-electron chi connectivity index (χ3n) is 4.89. The lowest BCUT2D eigenvalue weighted by Crippen LogP contribution is -2.25. The first kappa shape index (κ1) is 22.4. The number of nitrogens with one attached hydrogen (secondary N) is 1. The monoisotopic (exact) mass is 445 g/mol. The predicted octanol–water partition coefficient (Wildman–Crippen LogP) is 2.95. The Bertz CT molecular complexity index is 1250. The lowest BCUT2D eigenvalue weighted by atomic mass is 10.1. The first-order valence-electron chi connectivity index (χ1n) is 9.76. The molecule has 3 rings (SSSR count). The Morgan fingerprint density at radius 3 is 2.35 bits per heavy atom. The fraction of sp³-hybridized carbons (Fsp3) is 0.381. The molecule has 0 saturated heterocycles. The molecular formula is C21H23N3O6S. The molecular weight excluding hydrogens is 422 g/mol. The number of rotatable bonds is 7. The summed E-state index contributed by atoms with van der Waals surface area (Å²) in [6.07, 6.45) is 1.29. The van der Waals surface area contributed by atoms with Gasteiger partial charge in [0.2, 0.25) is 0 Å². The summed E-state index contributed by atoms with van der Waals surface area (Å²) in [5, 5.41) is 0.290. The van der Waals surface area contributed by atoms with Crippen molar-refractivity contribution in [2.24, 2.45) is 0 Å². The Balaban J connectivity index is 1.97. The summed E-state index contributed by atoms with van der Waals surface area (Å²) in [6, 6.07) is 0. The van der Waals surface area contributed by atoms with E-state index in [2.05, 4.69) is 9.97 Å². The van der Waals surface area contributed by atoms with E-state index in [-0.39, 0.29) is 36.6 Å². The van der Waals surface area contributed by atoms with Crippen LogP contribution in [-0.2, 0) is 16.0 Å². The molecule has 0 bridgehead atoms. The molecule has 0 saturated carbocycles. The molecule has 3 aromatic heterocycles. The van der Waals surface area contributed by atoms with Crippen LogP contribution in [0.3, 0.4) is 0 Å². The molecule has 0 spiro atoms. The van der Waals surface area contributed by atoms with Crippen LogP contribution < -0.4 is 5.56 Å². The Labute approximate surface area is 182 Å². The summed E-state index contributed by atoms with van der Waals surface area (Å²) >= 11 is 1.09. The largest absolute Gasteiger partial charge is 0.462 e. The zero-order valence-corrected chi connectivity index (χ0v) is 18.8. The lowest BCUT2D eigenvalue weighted by Gasteiger charge is -2.06. The molecule has 164 valence electrons. The highest BCUT2D eigenvalue weighted by atomic mass is 32.1. The number of hydrogen-bond donors (Lipinski definition) is 1. The first-order valence-corrected chi connectivity index (χ1v) is 10.6. The fourth-order valence-electron chi connectivity index (χ4n) is 3.47. The van der Waals surface area contributed by atoms with Crippen LogP contribution in [0, 0.1) is 20.8 Å². The third kappa shape index (κ3) is 4.02. The van der Waals surface area contributed by atoms with E-state index in [4.69, 9.17) is 9.47 Å². The number of aromatic amines is 1. The van der Waals surface area contributed by atoms with Gasteiger partial charge in [-0.25, -0.2) is 14.6 Å². The Morgan fingerprint density at radius 2 is 1.71 bits per heavy atom. The highest BCUT2D eigenvalue weighted by Crippen LogP contribution is 2.27. The SMILES string of the molecule is CCOC(=O)c1[nH]c(C)c(C(=O)Cn2cnc3sc(C(=O)OCC)c(C)c3c2=O)c1C. The van der Waals surface area contributed by atoms with Gasteiger partial charge in [0.25, 0.3) is 5.56 Å². The van der Waals surface area contributed by atoms with Gasteiger partial charge in [-0.05, 0) is 45.7 Å². The van der Waals surface area contributed by atoms with E-state index in [1.807, 2.05) is 0 Å². The Morgan fingerprint density at radius 1 is 1.06 bits per heavy atom. The van der Waals surface area contributed by atoms with Gasteiger partial charge in [0.1, 0.15) is 15.4 Å². The van der Waals surface area contributed by atoms with Crippen molar-refractivity contribution in [3.63, 3.8) is 0 Å². The maximum absolute atomic E-state index is 13.0. The first-order chi connectivity index (χ1) is 14.7. The molecule has 0 aliphatic rings. The minimum atomic E-state index is -0.539. The summed E-state index contributed by atoms with van der Waals surface area (Å²) in [4.78, 5) is 58.1. The molecule has 3 heterocycles. The minimum Gasteiger partial charge on any atom is -0.462 e. The van der Waals surface area contributed by atoms with Gasteiger partial charge in [0.05, 0.1) is 31.5 Å². The summed E-state index contributed by atoms with van der Waals surface area (Å²) in [7, 11) is 0. The molecule has 0 radical (unpaired) electrons. The number of Topliss-reactive ketones (excluding diaryl/α,β-unsaturated/α-hetero) is 1. The van der Waals surface area contributed by atoms with Crippen molar-refractivity contribution in [1.82, 2.24) is 14.5 Å². The van der Waals surface area contributed by atoms with E-state index in [1.54, 1.807) is 34.6 Å². The number of thiophene rings is 1. The molecule has 0 unspecified atom stereocenters. The van der Waals surface area contributed by atoms with E-state index in [1.165, 1.54) is 10.9 Å². The van der Waals surface area contributed by atoms with Crippen LogP contribution >= 0.6 is 11.3 Å². The van der Waals surface area contributed by atoms with E-state index in [0.717, 1.165) is 11.3 Å². The van der Waals surface area contributed by atoms with E-state index >= 15 is 0 Å². The van der Waals surface area contributed by atoms with Gasteiger partial charge in [-0.3, -0.25) is 14.2 Å². The normalized spacial score (nSPS) is 11.0. The summed E-state index contributed by atoms with van der Waals surface area (Å²) in [5.74, 6) is -1.39. The number of nitrogens with zero attached hydrogens (tertiary/aromatic N) is 2. The number of carbonyl (C=O) groups excluding carboxylic acids is 3. The molecule has 0 aliphatic heterocycles. The van der Waals surface area contributed by atoms with Crippen molar-refractivity contribution < 1.29 is 23.9 Å². The summed E-state index contributed by atoms with van der Waals surface area (Å²) in [6.45, 7) is 8.58. The van der Waals surface area contributed by atoms with Crippen LogP contribution in [0.25, 0.3) is 10.2 Å². The highest BCUT2D eigenvalue weighted by Gasteiger charge is 2.24. The van der Waals surface area contributed by atoms with Crippen molar-refractivity contribution in [2.45, 2.75) is 41.2 Å². The second-order valence-corrected chi connectivity index (χ2v) is 7.90. The van der Waals surface area contributed by atoms with Gasteiger partial charge in [0.15, 0.2) is 5.78 Å². The van der Waals surface area contributed by atoms with Crippen molar-refractivity contribution in [2.75, 3.05) is 13.2 Å². The second-order valence-electron chi connectivity index (χ2n) is 6.90. The van der Waals surface area contributed by atoms with Crippen LogP contribution in [0.15, 0.2) is 11.1 Å². The maximum Gasteiger partial charge on any atom is 0.355 e. The quantitative estimate of drug-likeness (QED) is 0.438. The third-order valence-corrected chi connectivity index (χ3v) is 6.07. The van der Waals surface area contributed by atoms with Crippen molar-refractivity contribution in [3.05, 3.63) is 49.6 Å². The number of carbonyl (C=O) groups is 3. The molecule has 0 amide bonds. The molecule has 31 heavy (non-hydrogen) atoms. The number of ketones is 1. The predicted molar refractivity (Wildman–Crippen MR) is 115 cm³/mol. The van der Waals surface area contributed by atoms with Gasteiger partial charge in [-0.15, -0.1) is 11.3 Å². The number of ether oxygens (including phenoxy) is 2. The van der Waals surface area contributed by atoms with Crippen LogP contribution in [0.4, 0.5) is 0 Å². The number of aromatic nitrogens is 3. The van der Waals surface area contributed by atoms with E-state index < -0.39 is 17.5 Å². The van der Waals surface area contributed by atoms with Gasteiger partial charge >= 0.3 is 11.9 Å². The zero-order chi connectivity index (χ0) is 22.9. The van der Waals surface area contributed by atoms with Crippen molar-refractivity contribution in [1.29, 1.82) is 0 Å². The Hall–Kier alpha value is -3.27. The van der Waals surface area contributed by atoms with Gasteiger partial charge < -0.3 is 14.5 Å². The fourth-order valence-corrected chi connectivity index (χ4v) is 4.51. The van der Waals surface area contributed by atoms with Crippen molar-refractivity contribution in [3.8, 4) is 0 Å². The van der Waals surface area contributed by atoms with Crippen LogP contribution in [-0.4, -0.2) is 45.5 Å².